The standard InChI is InChI=1S/C23H29FN2O2/c1-5-17(3)25-23(28)18(4)26(15-19-9-11-21(24)12-10-19)22(27)14-20-8-6-7-16(2)13-20/h6-13,17-18H,5,14-15H2,1-4H3,(H,25,28). The maximum atomic E-state index is 13.2. The first kappa shape index (κ1) is 21.6. The summed E-state index contributed by atoms with van der Waals surface area (Å²) in [5.41, 5.74) is 2.77. The molecule has 4 nitrogen and oxygen atoms in total. The molecule has 0 saturated heterocycles. The molecule has 0 spiro atoms. The molecule has 2 aromatic rings. The summed E-state index contributed by atoms with van der Waals surface area (Å²) in [6, 6.07) is 13.2. The van der Waals surface area contributed by atoms with Crippen molar-refractivity contribution in [3.63, 3.8) is 0 Å². The number of aryl methyl sites for hydroxylation is 1. The molecular weight excluding hydrogens is 355 g/mol. The highest BCUT2D eigenvalue weighted by molar-refractivity contribution is 5.88. The van der Waals surface area contributed by atoms with Crippen LogP contribution in [-0.4, -0.2) is 28.8 Å². The molecule has 0 aliphatic carbocycles. The molecule has 2 amide bonds. The topological polar surface area (TPSA) is 49.4 Å². The van der Waals surface area contributed by atoms with Gasteiger partial charge in [-0.2, -0.15) is 0 Å². The molecule has 0 saturated carbocycles. The van der Waals surface area contributed by atoms with Gasteiger partial charge in [0.15, 0.2) is 0 Å². The van der Waals surface area contributed by atoms with Crippen molar-refractivity contribution in [1.82, 2.24) is 10.2 Å². The van der Waals surface area contributed by atoms with Gasteiger partial charge >= 0.3 is 0 Å². The summed E-state index contributed by atoms with van der Waals surface area (Å²) < 4.78 is 13.2. The van der Waals surface area contributed by atoms with Crippen LogP contribution in [0.2, 0.25) is 0 Å². The third kappa shape index (κ3) is 6.19. The Morgan fingerprint density at radius 2 is 1.75 bits per heavy atom. The van der Waals surface area contributed by atoms with Crippen molar-refractivity contribution >= 4 is 11.8 Å². The molecular formula is C23H29FN2O2. The first-order valence-electron chi connectivity index (χ1n) is 9.70. The highest BCUT2D eigenvalue weighted by Gasteiger charge is 2.26. The molecule has 0 aliphatic rings. The van der Waals surface area contributed by atoms with E-state index in [0.29, 0.717) is 0 Å². The molecule has 5 heteroatoms. The Morgan fingerprint density at radius 1 is 1.07 bits per heavy atom. The molecule has 2 unspecified atom stereocenters. The summed E-state index contributed by atoms with van der Waals surface area (Å²) in [5.74, 6) is -0.653. The average molecular weight is 384 g/mol. The van der Waals surface area contributed by atoms with Crippen LogP contribution in [0.5, 0.6) is 0 Å². The maximum absolute atomic E-state index is 13.2. The van der Waals surface area contributed by atoms with Gasteiger partial charge in [-0.15, -0.1) is 0 Å². The quantitative estimate of drug-likeness (QED) is 0.748. The van der Waals surface area contributed by atoms with E-state index >= 15 is 0 Å². The number of halogens is 1. The zero-order valence-electron chi connectivity index (χ0n) is 17.0. The first-order chi connectivity index (χ1) is 13.3. The largest absolute Gasteiger partial charge is 0.352 e. The highest BCUT2D eigenvalue weighted by Crippen LogP contribution is 2.14. The van der Waals surface area contributed by atoms with E-state index in [0.717, 1.165) is 23.1 Å². The molecule has 0 fully saturated rings. The van der Waals surface area contributed by atoms with Crippen LogP contribution in [0.15, 0.2) is 48.5 Å². The minimum atomic E-state index is -0.628. The predicted octanol–water partition coefficient (Wildman–Crippen LogP) is 4.01. The number of carbonyl (C=O) groups excluding carboxylic acids is 2. The fourth-order valence-corrected chi connectivity index (χ4v) is 2.93. The molecule has 0 heterocycles. The zero-order valence-corrected chi connectivity index (χ0v) is 17.0. The molecule has 2 atom stereocenters. The molecule has 1 N–H and O–H groups in total. The Morgan fingerprint density at radius 3 is 2.36 bits per heavy atom. The monoisotopic (exact) mass is 384 g/mol. The van der Waals surface area contributed by atoms with Crippen molar-refractivity contribution in [2.45, 2.75) is 59.2 Å². The first-order valence-corrected chi connectivity index (χ1v) is 9.70. The second kappa shape index (κ2) is 10.0. The number of carbonyl (C=O) groups is 2. The van der Waals surface area contributed by atoms with Crippen LogP contribution in [0, 0.1) is 12.7 Å². The van der Waals surface area contributed by atoms with Crippen LogP contribution in [0.4, 0.5) is 4.39 Å². The smallest absolute Gasteiger partial charge is 0.242 e. The Labute approximate surface area is 166 Å². The summed E-state index contributed by atoms with van der Waals surface area (Å²) >= 11 is 0. The number of hydrogen-bond acceptors (Lipinski definition) is 2. The Bertz CT molecular complexity index is 805. The fraction of sp³-hybridized carbons (Fsp3) is 0.391. The van der Waals surface area contributed by atoms with E-state index in [1.165, 1.54) is 12.1 Å². The number of rotatable bonds is 8. The molecule has 0 aliphatic heterocycles. The summed E-state index contributed by atoms with van der Waals surface area (Å²) in [5, 5.41) is 2.94. The van der Waals surface area contributed by atoms with Crippen molar-refractivity contribution in [3.8, 4) is 0 Å². The van der Waals surface area contributed by atoms with Crippen LogP contribution in [0.3, 0.4) is 0 Å². The second-order valence-electron chi connectivity index (χ2n) is 7.31. The van der Waals surface area contributed by atoms with E-state index in [4.69, 9.17) is 0 Å². The van der Waals surface area contributed by atoms with Gasteiger partial charge in [0, 0.05) is 12.6 Å². The number of nitrogens with one attached hydrogen (secondary N) is 1. The number of nitrogens with zero attached hydrogens (tertiary/aromatic N) is 1. The van der Waals surface area contributed by atoms with Crippen molar-refractivity contribution < 1.29 is 14.0 Å². The van der Waals surface area contributed by atoms with Crippen LogP contribution in [0.1, 0.15) is 43.9 Å². The Balaban J connectivity index is 2.22. The van der Waals surface area contributed by atoms with Gasteiger partial charge in [-0.05, 0) is 50.5 Å². The minimum Gasteiger partial charge on any atom is -0.352 e. The van der Waals surface area contributed by atoms with Crippen molar-refractivity contribution in [3.05, 3.63) is 71.0 Å². The third-order valence-corrected chi connectivity index (χ3v) is 4.87. The molecule has 2 rings (SSSR count). The van der Waals surface area contributed by atoms with E-state index in [9.17, 15) is 14.0 Å². The second-order valence-corrected chi connectivity index (χ2v) is 7.31. The lowest BCUT2D eigenvalue weighted by Crippen LogP contribution is -2.49. The highest BCUT2D eigenvalue weighted by atomic mass is 19.1. The van der Waals surface area contributed by atoms with Gasteiger partial charge in [0.05, 0.1) is 6.42 Å². The van der Waals surface area contributed by atoms with Crippen LogP contribution in [0.25, 0.3) is 0 Å². The molecule has 0 aromatic heterocycles. The zero-order chi connectivity index (χ0) is 20.7. The summed E-state index contributed by atoms with van der Waals surface area (Å²) in [7, 11) is 0. The van der Waals surface area contributed by atoms with E-state index in [1.54, 1.807) is 24.0 Å². The van der Waals surface area contributed by atoms with Gasteiger partial charge in [0.1, 0.15) is 11.9 Å². The van der Waals surface area contributed by atoms with Crippen molar-refractivity contribution in [2.24, 2.45) is 0 Å². The van der Waals surface area contributed by atoms with Crippen LogP contribution in [-0.2, 0) is 22.6 Å². The van der Waals surface area contributed by atoms with E-state index in [1.807, 2.05) is 45.0 Å². The van der Waals surface area contributed by atoms with E-state index in [2.05, 4.69) is 5.32 Å². The van der Waals surface area contributed by atoms with Crippen molar-refractivity contribution in [2.75, 3.05) is 0 Å². The number of hydrogen-bond donors (Lipinski definition) is 1. The lowest BCUT2D eigenvalue weighted by molar-refractivity contribution is -0.140. The molecule has 2 aromatic carbocycles. The molecule has 0 bridgehead atoms. The SMILES string of the molecule is CCC(C)NC(=O)C(C)N(Cc1ccc(F)cc1)C(=O)Cc1cccc(C)c1. The lowest BCUT2D eigenvalue weighted by Gasteiger charge is -2.30. The maximum Gasteiger partial charge on any atom is 0.242 e. The normalized spacial score (nSPS) is 12.9. The Kier molecular flexibility index (Phi) is 7.73. The van der Waals surface area contributed by atoms with E-state index in [-0.39, 0.29) is 36.6 Å². The molecule has 150 valence electrons. The Hall–Kier alpha value is -2.69. The summed E-state index contributed by atoms with van der Waals surface area (Å²) in [6.07, 6.45) is 1.03. The average Bonchev–Trinajstić information content (AvgIpc) is 2.66. The van der Waals surface area contributed by atoms with Gasteiger partial charge in [0.25, 0.3) is 0 Å². The predicted molar refractivity (Wildman–Crippen MR) is 109 cm³/mol. The minimum absolute atomic E-state index is 0.0366. The van der Waals surface area contributed by atoms with Crippen LogP contribution >= 0.6 is 0 Å². The van der Waals surface area contributed by atoms with Gasteiger partial charge in [-0.3, -0.25) is 9.59 Å². The van der Waals surface area contributed by atoms with Gasteiger partial charge in [0.2, 0.25) is 11.8 Å². The summed E-state index contributed by atoms with van der Waals surface area (Å²) in [4.78, 5) is 27.3. The molecule has 0 radical (unpaired) electrons. The third-order valence-electron chi connectivity index (χ3n) is 4.87. The number of amides is 2. The van der Waals surface area contributed by atoms with E-state index < -0.39 is 6.04 Å². The fourth-order valence-electron chi connectivity index (χ4n) is 2.93. The molecule has 28 heavy (non-hydrogen) atoms. The summed E-state index contributed by atoms with van der Waals surface area (Å²) in [6.45, 7) is 7.89. The number of benzene rings is 2. The van der Waals surface area contributed by atoms with Gasteiger partial charge in [-0.25, -0.2) is 4.39 Å². The lowest BCUT2D eigenvalue weighted by atomic mass is 10.1. The van der Waals surface area contributed by atoms with Crippen molar-refractivity contribution in [1.29, 1.82) is 0 Å². The van der Waals surface area contributed by atoms with Gasteiger partial charge in [-0.1, -0.05) is 48.9 Å². The van der Waals surface area contributed by atoms with Gasteiger partial charge < -0.3 is 10.2 Å². The van der Waals surface area contributed by atoms with Crippen LogP contribution < -0.4 is 5.32 Å².